The molecular formula is C27H41N5O2S. The molecule has 2 amide bonds. The molecule has 0 bridgehead atoms. The molecule has 1 aliphatic rings. The van der Waals surface area contributed by atoms with Gasteiger partial charge in [0.25, 0.3) is 0 Å². The minimum absolute atomic E-state index is 0.0591. The summed E-state index contributed by atoms with van der Waals surface area (Å²) in [4.78, 5) is 29.6. The lowest BCUT2D eigenvalue weighted by Gasteiger charge is -2.40. The molecule has 1 aromatic heterocycles. The van der Waals surface area contributed by atoms with Crippen LogP contribution in [-0.4, -0.2) is 67.8 Å². The Morgan fingerprint density at radius 1 is 1.11 bits per heavy atom. The van der Waals surface area contributed by atoms with Crippen molar-refractivity contribution in [2.24, 2.45) is 11.3 Å². The minimum Gasteiger partial charge on any atom is -0.339 e. The van der Waals surface area contributed by atoms with Crippen LogP contribution in [0.4, 0.5) is 0 Å². The van der Waals surface area contributed by atoms with Crippen LogP contribution in [-0.2, 0) is 9.59 Å². The second-order valence-electron chi connectivity index (χ2n) is 11.0. The molecule has 1 aromatic carbocycles. The van der Waals surface area contributed by atoms with Gasteiger partial charge in [-0.05, 0) is 50.2 Å². The van der Waals surface area contributed by atoms with Crippen LogP contribution in [0.15, 0.2) is 35.5 Å². The Balaban J connectivity index is 1.43. The number of hydrogen-bond donors (Lipinski definition) is 0. The maximum Gasteiger partial charge on any atom is 0.223 e. The van der Waals surface area contributed by atoms with Crippen LogP contribution in [0.5, 0.6) is 0 Å². The quantitative estimate of drug-likeness (QED) is 0.360. The average molecular weight is 500 g/mol. The number of nitrogens with zero attached hydrogens (tertiary/aromatic N) is 5. The second-order valence-corrected chi connectivity index (χ2v) is 12.1. The number of para-hydroxylation sites is 1. The smallest absolute Gasteiger partial charge is 0.223 e. The molecule has 3 rings (SSSR count). The fraction of sp³-hybridized carbons (Fsp3) is 0.630. The molecule has 0 N–H and O–H groups in total. The van der Waals surface area contributed by atoms with E-state index < -0.39 is 0 Å². The number of piperazine rings is 1. The predicted octanol–water partition coefficient (Wildman–Crippen LogP) is 4.97. The summed E-state index contributed by atoms with van der Waals surface area (Å²) in [5.41, 5.74) is 1.27. The lowest BCUT2D eigenvalue weighted by atomic mass is 9.84. The van der Waals surface area contributed by atoms with Crippen LogP contribution in [0.2, 0.25) is 0 Å². The third kappa shape index (κ3) is 7.82. The van der Waals surface area contributed by atoms with Crippen molar-refractivity contribution in [1.29, 1.82) is 0 Å². The van der Waals surface area contributed by atoms with Crippen LogP contribution in [0, 0.1) is 18.3 Å². The van der Waals surface area contributed by atoms with Gasteiger partial charge >= 0.3 is 0 Å². The summed E-state index contributed by atoms with van der Waals surface area (Å²) in [5.74, 6) is 2.41. The predicted molar refractivity (Wildman–Crippen MR) is 142 cm³/mol. The van der Waals surface area contributed by atoms with Gasteiger partial charge in [-0.3, -0.25) is 14.2 Å². The molecule has 1 fully saturated rings. The van der Waals surface area contributed by atoms with Crippen molar-refractivity contribution < 1.29 is 9.59 Å². The molecule has 35 heavy (non-hydrogen) atoms. The van der Waals surface area contributed by atoms with Crippen LogP contribution in [0.25, 0.3) is 5.69 Å². The van der Waals surface area contributed by atoms with E-state index in [4.69, 9.17) is 0 Å². The van der Waals surface area contributed by atoms with Gasteiger partial charge in [-0.2, -0.15) is 0 Å². The molecule has 1 aliphatic heterocycles. The molecular weight excluding hydrogens is 458 g/mol. The number of amides is 2. The van der Waals surface area contributed by atoms with Gasteiger partial charge in [0.05, 0.1) is 0 Å². The largest absolute Gasteiger partial charge is 0.339 e. The van der Waals surface area contributed by atoms with Crippen molar-refractivity contribution in [3.8, 4) is 5.69 Å². The Hall–Kier alpha value is -2.35. The number of benzene rings is 1. The lowest BCUT2D eigenvalue weighted by Crippen LogP contribution is -2.55. The number of hydrogen-bond acceptors (Lipinski definition) is 5. The van der Waals surface area contributed by atoms with E-state index in [0.29, 0.717) is 38.4 Å². The zero-order chi connectivity index (χ0) is 25.6. The monoisotopic (exact) mass is 499 g/mol. The Morgan fingerprint density at radius 3 is 2.49 bits per heavy atom. The van der Waals surface area contributed by atoms with Crippen LogP contribution in [0.1, 0.15) is 66.1 Å². The van der Waals surface area contributed by atoms with Crippen molar-refractivity contribution in [3.63, 3.8) is 0 Å². The van der Waals surface area contributed by atoms with Crippen LogP contribution >= 0.6 is 11.8 Å². The summed E-state index contributed by atoms with van der Waals surface area (Å²) in [6.45, 7) is 14.7. The zero-order valence-corrected chi connectivity index (χ0v) is 23.0. The first-order valence-electron chi connectivity index (χ1n) is 12.7. The average Bonchev–Trinajstić information content (AvgIpc) is 3.15. The summed E-state index contributed by atoms with van der Waals surface area (Å²) < 4.78 is 2.05. The van der Waals surface area contributed by atoms with Gasteiger partial charge in [0.1, 0.15) is 5.82 Å². The van der Waals surface area contributed by atoms with Gasteiger partial charge in [0, 0.05) is 50.0 Å². The highest BCUT2D eigenvalue weighted by molar-refractivity contribution is 7.99. The molecule has 0 saturated carbocycles. The maximum absolute atomic E-state index is 12.9. The highest BCUT2D eigenvalue weighted by Crippen LogP contribution is 2.27. The van der Waals surface area contributed by atoms with Gasteiger partial charge < -0.3 is 9.80 Å². The molecule has 0 aliphatic carbocycles. The van der Waals surface area contributed by atoms with Gasteiger partial charge in [-0.1, -0.05) is 57.7 Å². The summed E-state index contributed by atoms with van der Waals surface area (Å²) in [5, 5.41) is 9.40. The third-order valence-electron chi connectivity index (χ3n) is 6.36. The van der Waals surface area contributed by atoms with E-state index in [9.17, 15) is 9.59 Å². The number of carbonyl (C=O) groups excluding carboxylic acids is 2. The number of carbonyl (C=O) groups is 2. The Morgan fingerprint density at radius 2 is 1.83 bits per heavy atom. The topological polar surface area (TPSA) is 71.3 Å². The van der Waals surface area contributed by atoms with Gasteiger partial charge in [0.15, 0.2) is 5.16 Å². The first-order valence-corrected chi connectivity index (χ1v) is 13.7. The maximum atomic E-state index is 12.9. The first-order chi connectivity index (χ1) is 16.5. The van der Waals surface area contributed by atoms with Crippen molar-refractivity contribution in [1.82, 2.24) is 24.6 Å². The molecule has 8 heteroatoms. The van der Waals surface area contributed by atoms with Crippen molar-refractivity contribution in [2.45, 2.75) is 78.4 Å². The van der Waals surface area contributed by atoms with Crippen LogP contribution in [0.3, 0.4) is 0 Å². The zero-order valence-electron chi connectivity index (χ0n) is 22.2. The third-order valence-corrected chi connectivity index (χ3v) is 7.38. The van der Waals surface area contributed by atoms with E-state index >= 15 is 0 Å². The highest BCUT2D eigenvalue weighted by atomic mass is 32.2. The van der Waals surface area contributed by atoms with Crippen molar-refractivity contribution in [2.75, 3.05) is 25.4 Å². The van der Waals surface area contributed by atoms with E-state index in [1.54, 1.807) is 11.8 Å². The Kier molecular flexibility index (Phi) is 9.39. The number of aryl methyl sites for hydroxylation is 1. The van der Waals surface area contributed by atoms with Crippen LogP contribution < -0.4 is 0 Å². The number of aromatic nitrogens is 3. The molecule has 7 nitrogen and oxygen atoms in total. The highest BCUT2D eigenvalue weighted by Gasteiger charge is 2.30. The minimum atomic E-state index is 0.0591. The molecule has 0 radical (unpaired) electrons. The SMILES string of the molecule is Cc1nnc(SCCCC(=O)N2CCN(C(=O)CC(C)CC(C)(C)C)C(C)C2)n1-c1ccccc1. The molecule has 0 spiro atoms. The van der Waals surface area contributed by atoms with Crippen molar-refractivity contribution >= 4 is 23.6 Å². The fourth-order valence-electron chi connectivity index (χ4n) is 4.94. The van der Waals surface area contributed by atoms with E-state index in [2.05, 4.69) is 44.8 Å². The summed E-state index contributed by atoms with van der Waals surface area (Å²) in [7, 11) is 0. The molecule has 2 unspecified atom stereocenters. The molecule has 192 valence electrons. The summed E-state index contributed by atoms with van der Waals surface area (Å²) in [6.07, 6.45) is 2.90. The van der Waals surface area contributed by atoms with E-state index in [-0.39, 0.29) is 23.3 Å². The van der Waals surface area contributed by atoms with Crippen molar-refractivity contribution in [3.05, 3.63) is 36.2 Å². The standard InChI is InChI=1S/C27H41N5O2S/c1-20(18-27(4,5)6)17-25(34)31-15-14-30(19-21(31)2)24(33)13-10-16-35-26-29-28-22(3)32(26)23-11-8-7-9-12-23/h7-9,11-12,20-21H,10,13-19H2,1-6H3. The Bertz CT molecular complexity index is 985. The van der Waals surface area contributed by atoms with E-state index in [0.717, 1.165) is 35.3 Å². The van der Waals surface area contributed by atoms with E-state index in [1.807, 2.05) is 51.6 Å². The van der Waals surface area contributed by atoms with Gasteiger partial charge in [0.2, 0.25) is 11.8 Å². The number of rotatable bonds is 9. The summed E-state index contributed by atoms with van der Waals surface area (Å²) in [6, 6.07) is 10.1. The number of thioether (sulfide) groups is 1. The first kappa shape index (κ1) is 27.2. The van der Waals surface area contributed by atoms with Gasteiger partial charge in [-0.25, -0.2) is 0 Å². The molecule has 2 aromatic rings. The lowest BCUT2D eigenvalue weighted by molar-refractivity contribution is -0.143. The van der Waals surface area contributed by atoms with Gasteiger partial charge in [-0.15, -0.1) is 10.2 Å². The normalized spacial score (nSPS) is 17.5. The Labute approximate surface area is 214 Å². The molecule has 2 heterocycles. The summed E-state index contributed by atoms with van der Waals surface area (Å²) >= 11 is 1.63. The second kappa shape index (κ2) is 12.1. The fourth-order valence-corrected chi connectivity index (χ4v) is 5.88. The molecule has 1 saturated heterocycles. The molecule has 2 atom stereocenters. The van der Waals surface area contributed by atoms with E-state index in [1.165, 1.54) is 0 Å².